The quantitative estimate of drug-likeness (QED) is 0.385. The van der Waals surface area contributed by atoms with Crippen molar-refractivity contribution in [3.05, 3.63) is 84.5 Å². The molecule has 1 saturated heterocycles. The summed E-state index contributed by atoms with van der Waals surface area (Å²) < 4.78 is 1.96. The van der Waals surface area contributed by atoms with Gasteiger partial charge >= 0.3 is 0 Å². The summed E-state index contributed by atoms with van der Waals surface area (Å²) in [6, 6.07) is 17.9. The van der Waals surface area contributed by atoms with Gasteiger partial charge in [0.1, 0.15) is 5.82 Å². The second-order valence-electron chi connectivity index (χ2n) is 9.67. The molecule has 1 aliphatic heterocycles. The molecule has 0 atom stereocenters. The normalized spacial score (nSPS) is 18.9. The molecule has 1 saturated carbocycles. The van der Waals surface area contributed by atoms with Gasteiger partial charge in [0.15, 0.2) is 0 Å². The zero-order valence-electron chi connectivity index (χ0n) is 22.6. The van der Waals surface area contributed by atoms with Crippen LogP contribution >= 0.6 is 11.8 Å². The Morgan fingerprint density at radius 2 is 1.65 bits per heavy atom. The summed E-state index contributed by atoms with van der Waals surface area (Å²) in [5.41, 5.74) is 5.28. The van der Waals surface area contributed by atoms with Gasteiger partial charge in [0.05, 0.1) is 6.61 Å². The molecule has 1 aliphatic carbocycles. The van der Waals surface area contributed by atoms with Crippen LogP contribution in [-0.4, -0.2) is 69.5 Å². The summed E-state index contributed by atoms with van der Waals surface area (Å²) in [5, 5.41) is 16.5. The van der Waals surface area contributed by atoms with Gasteiger partial charge in [0.2, 0.25) is 0 Å². The molecular formula is C31H43N3O2S. The summed E-state index contributed by atoms with van der Waals surface area (Å²) in [6.07, 6.45) is 11.4. The van der Waals surface area contributed by atoms with Crippen LogP contribution in [0.1, 0.15) is 42.6 Å². The first kappa shape index (κ1) is 29.2. The standard InChI is InChI=1S/C23H27NS.C7H12N2O.CH4O/c1-3-17-4-6-19(7-5-17)20-8-10-21(11-9-20)22-12-18(13-22)14-24-15-23(16-24)25-2;1-2-7-8-3-4-9(7)5-6-10;1-2/h3-11,18,22-23H,1,12-16H2,2H3;3-4,10H,2,5-6H2,1H3;2H,1H3. The number of rotatable bonds is 9. The first-order valence-electron chi connectivity index (χ1n) is 13.3. The molecule has 5 rings (SSSR count). The van der Waals surface area contributed by atoms with E-state index < -0.39 is 0 Å². The molecule has 0 bridgehead atoms. The van der Waals surface area contributed by atoms with Crippen molar-refractivity contribution >= 4 is 17.8 Å². The zero-order chi connectivity index (χ0) is 26.6. The van der Waals surface area contributed by atoms with Crippen molar-refractivity contribution in [2.75, 3.05) is 39.6 Å². The Morgan fingerprint density at radius 1 is 1.03 bits per heavy atom. The van der Waals surface area contributed by atoms with Crippen LogP contribution in [0.15, 0.2) is 67.5 Å². The van der Waals surface area contributed by atoms with Crippen molar-refractivity contribution in [1.82, 2.24) is 14.5 Å². The first-order valence-corrected chi connectivity index (χ1v) is 14.6. The molecule has 1 aromatic heterocycles. The molecule has 0 spiro atoms. The molecule has 2 aromatic carbocycles. The number of nitrogens with zero attached hydrogens (tertiary/aromatic N) is 3. The average molecular weight is 522 g/mol. The Bertz CT molecular complexity index is 1050. The third-order valence-electron chi connectivity index (χ3n) is 7.33. The molecule has 2 N–H and O–H groups in total. The van der Waals surface area contributed by atoms with E-state index in [1.165, 1.54) is 54.7 Å². The van der Waals surface area contributed by atoms with Crippen LogP contribution in [0.3, 0.4) is 0 Å². The van der Waals surface area contributed by atoms with E-state index in [1.807, 2.05) is 28.6 Å². The highest BCUT2D eigenvalue weighted by molar-refractivity contribution is 7.99. The van der Waals surface area contributed by atoms with Gasteiger partial charge < -0.3 is 19.7 Å². The van der Waals surface area contributed by atoms with E-state index in [2.05, 4.69) is 78.2 Å². The maximum atomic E-state index is 8.61. The second-order valence-corrected chi connectivity index (χ2v) is 10.8. The van der Waals surface area contributed by atoms with Gasteiger partial charge in [-0.15, -0.1) is 0 Å². The highest BCUT2D eigenvalue weighted by atomic mass is 32.2. The van der Waals surface area contributed by atoms with Crippen LogP contribution in [0.25, 0.3) is 17.2 Å². The van der Waals surface area contributed by atoms with Crippen LogP contribution in [0.2, 0.25) is 0 Å². The molecule has 3 aromatic rings. The van der Waals surface area contributed by atoms with Crippen LogP contribution in [0, 0.1) is 5.92 Å². The fourth-order valence-corrected chi connectivity index (χ4v) is 5.79. The van der Waals surface area contributed by atoms with Crippen LogP contribution in [-0.2, 0) is 13.0 Å². The van der Waals surface area contributed by atoms with Crippen LogP contribution in [0.4, 0.5) is 0 Å². The molecule has 2 fully saturated rings. The van der Waals surface area contributed by atoms with Gasteiger partial charge in [0, 0.05) is 57.4 Å². The molecule has 0 amide bonds. The van der Waals surface area contributed by atoms with Crippen LogP contribution < -0.4 is 0 Å². The summed E-state index contributed by atoms with van der Waals surface area (Å²) in [5.74, 6) is 2.73. The van der Waals surface area contributed by atoms with Crippen molar-refractivity contribution in [2.45, 2.75) is 43.9 Å². The minimum Gasteiger partial charge on any atom is -0.400 e. The first-order chi connectivity index (χ1) is 18.1. The van der Waals surface area contributed by atoms with E-state index in [9.17, 15) is 0 Å². The van der Waals surface area contributed by atoms with E-state index in [0.29, 0.717) is 6.54 Å². The van der Waals surface area contributed by atoms with Gasteiger partial charge in [-0.05, 0) is 53.2 Å². The van der Waals surface area contributed by atoms with Gasteiger partial charge in [-0.25, -0.2) is 4.98 Å². The number of aliphatic hydroxyl groups excluding tert-OH is 2. The lowest BCUT2D eigenvalue weighted by Gasteiger charge is -2.44. The molecule has 6 heteroatoms. The Kier molecular flexibility index (Phi) is 11.9. The number of aromatic nitrogens is 2. The maximum absolute atomic E-state index is 8.61. The molecular weight excluding hydrogens is 478 g/mol. The largest absolute Gasteiger partial charge is 0.400 e. The van der Waals surface area contributed by atoms with Crippen molar-refractivity contribution in [3.63, 3.8) is 0 Å². The van der Waals surface area contributed by atoms with E-state index >= 15 is 0 Å². The summed E-state index contributed by atoms with van der Waals surface area (Å²) in [7, 11) is 1.00. The lowest BCUT2D eigenvalue weighted by Crippen LogP contribution is -2.51. The number of likely N-dealkylation sites (tertiary alicyclic amines) is 1. The highest BCUT2D eigenvalue weighted by Crippen LogP contribution is 2.43. The number of imidazole rings is 1. The van der Waals surface area contributed by atoms with Crippen molar-refractivity contribution < 1.29 is 10.2 Å². The smallest absolute Gasteiger partial charge is 0.108 e. The second kappa shape index (κ2) is 15.1. The van der Waals surface area contributed by atoms with Crippen molar-refractivity contribution in [1.29, 1.82) is 0 Å². The predicted molar refractivity (Wildman–Crippen MR) is 158 cm³/mol. The fraction of sp³-hybridized carbons (Fsp3) is 0.452. The number of aryl methyl sites for hydroxylation is 1. The van der Waals surface area contributed by atoms with E-state index in [4.69, 9.17) is 10.2 Å². The lowest BCUT2D eigenvalue weighted by atomic mass is 9.71. The minimum absolute atomic E-state index is 0.184. The molecule has 200 valence electrons. The Hall–Kier alpha value is -2.38. The molecule has 37 heavy (non-hydrogen) atoms. The van der Waals surface area contributed by atoms with Crippen LogP contribution in [0.5, 0.6) is 0 Å². The van der Waals surface area contributed by atoms with Crippen molar-refractivity contribution in [2.24, 2.45) is 5.92 Å². The van der Waals surface area contributed by atoms with E-state index in [-0.39, 0.29) is 6.61 Å². The topological polar surface area (TPSA) is 61.5 Å². The zero-order valence-corrected chi connectivity index (χ0v) is 23.4. The monoisotopic (exact) mass is 521 g/mol. The SMILES string of the molecule is C=Cc1ccc(-c2ccc(C3CC(CN4CC(SC)C4)C3)cc2)cc1.CCc1nccn1CCO.CO. The lowest BCUT2D eigenvalue weighted by molar-refractivity contribution is 0.115. The fourth-order valence-electron chi connectivity index (χ4n) is 5.07. The van der Waals surface area contributed by atoms with Gasteiger partial charge in [-0.3, -0.25) is 0 Å². The number of hydrogen-bond donors (Lipinski definition) is 2. The molecule has 2 aliphatic rings. The Labute approximate surface area is 227 Å². The predicted octanol–water partition coefficient (Wildman–Crippen LogP) is 5.58. The number of hydrogen-bond acceptors (Lipinski definition) is 5. The summed E-state index contributed by atoms with van der Waals surface area (Å²) in [6.45, 7) is 10.6. The van der Waals surface area contributed by atoms with E-state index in [1.54, 1.807) is 6.20 Å². The summed E-state index contributed by atoms with van der Waals surface area (Å²) in [4.78, 5) is 6.74. The minimum atomic E-state index is 0.184. The summed E-state index contributed by atoms with van der Waals surface area (Å²) >= 11 is 2.02. The van der Waals surface area contributed by atoms with Gasteiger partial charge in [-0.1, -0.05) is 68.1 Å². The van der Waals surface area contributed by atoms with Gasteiger partial charge in [0.25, 0.3) is 0 Å². The molecule has 2 heterocycles. The molecule has 5 nitrogen and oxygen atoms in total. The molecule has 0 unspecified atom stereocenters. The highest BCUT2D eigenvalue weighted by Gasteiger charge is 2.34. The maximum Gasteiger partial charge on any atom is 0.108 e. The molecule has 0 radical (unpaired) electrons. The number of aliphatic hydroxyl groups is 2. The van der Waals surface area contributed by atoms with Gasteiger partial charge in [-0.2, -0.15) is 11.8 Å². The van der Waals surface area contributed by atoms with Crippen molar-refractivity contribution in [3.8, 4) is 11.1 Å². The Morgan fingerprint density at radius 3 is 2.19 bits per heavy atom. The Balaban J connectivity index is 0.000000266. The third-order valence-corrected chi connectivity index (χ3v) is 8.29. The number of benzene rings is 2. The average Bonchev–Trinajstić information content (AvgIpc) is 3.36. The third kappa shape index (κ3) is 8.05. The van der Waals surface area contributed by atoms with E-state index in [0.717, 1.165) is 36.4 Å². The number of thioether (sulfide) groups is 1.